The molecule has 1 aromatic heterocycles. The van der Waals surface area contributed by atoms with Crippen molar-refractivity contribution in [1.29, 1.82) is 0 Å². The summed E-state index contributed by atoms with van der Waals surface area (Å²) < 4.78 is 5.14. The van der Waals surface area contributed by atoms with Crippen LogP contribution in [-0.4, -0.2) is 29.3 Å². The Labute approximate surface area is 93.5 Å². The third kappa shape index (κ3) is 2.08. The predicted octanol–water partition coefficient (Wildman–Crippen LogP) is 1.59. The molecule has 5 heteroatoms. The molecule has 2 rings (SSSR count). The van der Waals surface area contributed by atoms with Crippen LogP contribution in [0.3, 0.4) is 0 Å². The van der Waals surface area contributed by atoms with Gasteiger partial charge in [0.25, 0.3) is 0 Å². The van der Waals surface area contributed by atoms with Crippen molar-refractivity contribution in [1.82, 2.24) is 15.2 Å². The SMILES string of the molecule is CNc1cnnc(-c2cccc(OC)c2)n1. The Bertz CT molecular complexity index is 441. The molecule has 0 spiro atoms. The minimum absolute atomic E-state index is 0.575. The van der Waals surface area contributed by atoms with Gasteiger partial charge in [-0.1, -0.05) is 12.1 Å². The fraction of sp³-hybridized carbons (Fsp3) is 0.182. The van der Waals surface area contributed by atoms with E-state index in [0.717, 1.165) is 11.3 Å². The summed E-state index contributed by atoms with van der Waals surface area (Å²) in [6.45, 7) is 0. The summed E-state index contributed by atoms with van der Waals surface area (Å²) in [5.74, 6) is 2.04. The highest BCUT2D eigenvalue weighted by Crippen LogP contribution is 2.20. The van der Waals surface area contributed by atoms with Crippen LogP contribution in [0.2, 0.25) is 0 Å². The van der Waals surface area contributed by atoms with Gasteiger partial charge in [0.15, 0.2) is 5.82 Å². The lowest BCUT2D eigenvalue weighted by molar-refractivity contribution is 0.415. The maximum absolute atomic E-state index is 5.14. The van der Waals surface area contributed by atoms with Gasteiger partial charge in [0.05, 0.1) is 13.3 Å². The molecular weight excluding hydrogens is 204 g/mol. The number of ether oxygens (including phenoxy) is 1. The summed E-state index contributed by atoms with van der Waals surface area (Å²) >= 11 is 0. The molecule has 1 aromatic carbocycles. The minimum Gasteiger partial charge on any atom is -0.497 e. The number of hydrogen-bond acceptors (Lipinski definition) is 5. The van der Waals surface area contributed by atoms with Crippen molar-refractivity contribution in [3.63, 3.8) is 0 Å². The molecule has 0 aliphatic rings. The summed E-state index contributed by atoms with van der Waals surface area (Å²) in [6.07, 6.45) is 1.57. The highest BCUT2D eigenvalue weighted by Gasteiger charge is 2.04. The number of aromatic nitrogens is 3. The molecule has 0 aliphatic heterocycles. The summed E-state index contributed by atoms with van der Waals surface area (Å²) in [6, 6.07) is 7.55. The lowest BCUT2D eigenvalue weighted by Crippen LogP contribution is -1.98. The Morgan fingerprint density at radius 1 is 1.31 bits per heavy atom. The average molecular weight is 216 g/mol. The van der Waals surface area contributed by atoms with Gasteiger partial charge in [-0.05, 0) is 12.1 Å². The second-order valence-electron chi connectivity index (χ2n) is 3.15. The van der Waals surface area contributed by atoms with Crippen molar-refractivity contribution in [3.8, 4) is 17.1 Å². The van der Waals surface area contributed by atoms with E-state index in [0.29, 0.717) is 11.6 Å². The quantitative estimate of drug-likeness (QED) is 0.844. The fourth-order valence-electron chi connectivity index (χ4n) is 1.31. The molecule has 82 valence electrons. The van der Waals surface area contributed by atoms with Crippen LogP contribution in [0.1, 0.15) is 0 Å². The van der Waals surface area contributed by atoms with Crippen molar-refractivity contribution >= 4 is 5.82 Å². The van der Waals surface area contributed by atoms with Gasteiger partial charge in [0, 0.05) is 12.6 Å². The molecule has 0 amide bonds. The third-order valence-corrected chi connectivity index (χ3v) is 2.14. The first kappa shape index (κ1) is 10.4. The monoisotopic (exact) mass is 216 g/mol. The first-order valence-electron chi connectivity index (χ1n) is 4.85. The number of methoxy groups -OCH3 is 1. The van der Waals surface area contributed by atoms with Gasteiger partial charge in [-0.2, -0.15) is 5.10 Å². The lowest BCUT2D eigenvalue weighted by Gasteiger charge is -2.04. The molecule has 16 heavy (non-hydrogen) atoms. The van der Waals surface area contributed by atoms with E-state index in [1.54, 1.807) is 20.4 Å². The zero-order chi connectivity index (χ0) is 11.4. The van der Waals surface area contributed by atoms with Crippen LogP contribution >= 0.6 is 0 Å². The first-order valence-corrected chi connectivity index (χ1v) is 4.85. The van der Waals surface area contributed by atoms with Gasteiger partial charge in [0.1, 0.15) is 11.6 Å². The number of anilines is 1. The maximum Gasteiger partial charge on any atom is 0.183 e. The standard InChI is InChI=1S/C11H12N4O/c1-12-10-7-13-15-11(14-10)8-4-3-5-9(6-8)16-2/h3-7H,1-2H3,(H,12,14,15). The lowest BCUT2D eigenvalue weighted by atomic mass is 10.2. The molecule has 0 radical (unpaired) electrons. The maximum atomic E-state index is 5.14. The second kappa shape index (κ2) is 4.57. The molecule has 0 saturated heterocycles. The fourth-order valence-corrected chi connectivity index (χ4v) is 1.31. The molecule has 0 fully saturated rings. The van der Waals surface area contributed by atoms with E-state index in [-0.39, 0.29) is 0 Å². The Balaban J connectivity index is 2.41. The molecule has 0 unspecified atom stereocenters. The number of hydrogen-bond donors (Lipinski definition) is 1. The van der Waals surface area contributed by atoms with Crippen molar-refractivity contribution in [3.05, 3.63) is 30.5 Å². The molecule has 0 bridgehead atoms. The molecule has 5 nitrogen and oxygen atoms in total. The Morgan fingerprint density at radius 3 is 2.94 bits per heavy atom. The Morgan fingerprint density at radius 2 is 2.19 bits per heavy atom. The Kier molecular flexibility index (Phi) is 2.95. The zero-order valence-corrected chi connectivity index (χ0v) is 9.14. The molecule has 0 saturated carbocycles. The zero-order valence-electron chi connectivity index (χ0n) is 9.14. The topological polar surface area (TPSA) is 59.9 Å². The first-order chi connectivity index (χ1) is 7.83. The van der Waals surface area contributed by atoms with E-state index in [1.807, 2.05) is 24.3 Å². The number of benzene rings is 1. The molecule has 2 aromatic rings. The third-order valence-electron chi connectivity index (χ3n) is 2.14. The van der Waals surface area contributed by atoms with Gasteiger partial charge in [-0.25, -0.2) is 4.98 Å². The van der Waals surface area contributed by atoms with Crippen LogP contribution in [0.15, 0.2) is 30.5 Å². The molecule has 1 N–H and O–H groups in total. The predicted molar refractivity (Wildman–Crippen MR) is 61.4 cm³/mol. The van der Waals surface area contributed by atoms with Gasteiger partial charge < -0.3 is 10.1 Å². The molecular formula is C11H12N4O. The molecule has 0 atom stereocenters. The number of nitrogens with zero attached hydrogens (tertiary/aromatic N) is 3. The van der Waals surface area contributed by atoms with E-state index in [1.165, 1.54) is 0 Å². The van der Waals surface area contributed by atoms with Gasteiger partial charge in [-0.3, -0.25) is 0 Å². The minimum atomic E-state index is 0.575. The van der Waals surface area contributed by atoms with E-state index in [4.69, 9.17) is 4.74 Å². The van der Waals surface area contributed by atoms with Crippen molar-refractivity contribution in [2.24, 2.45) is 0 Å². The van der Waals surface area contributed by atoms with Crippen LogP contribution < -0.4 is 10.1 Å². The number of nitrogens with one attached hydrogen (secondary N) is 1. The summed E-state index contributed by atoms with van der Waals surface area (Å²) in [4.78, 5) is 4.30. The van der Waals surface area contributed by atoms with Crippen molar-refractivity contribution in [2.75, 3.05) is 19.5 Å². The van der Waals surface area contributed by atoms with Crippen molar-refractivity contribution in [2.45, 2.75) is 0 Å². The highest BCUT2D eigenvalue weighted by molar-refractivity contribution is 5.58. The van der Waals surface area contributed by atoms with Gasteiger partial charge in [0.2, 0.25) is 0 Å². The van der Waals surface area contributed by atoms with E-state index in [9.17, 15) is 0 Å². The largest absolute Gasteiger partial charge is 0.497 e. The second-order valence-corrected chi connectivity index (χ2v) is 3.15. The van der Waals surface area contributed by atoms with E-state index < -0.39 is 0 Å². The number of rotatable bonds is 3. The highest BCUT2D eigenvalue weighted by atomic mass is 16.5. The summed E-state index contributed by atoms with van der Waals surface area (Å²) in [7, 11) is 3.42. The Hall–Kier alpha value is -2.17. The van der Waals surface area contributed by atoms with E-state index >= 15 is 0 Å². The van der Waals surface area contributed by atoms with Crippen LogP contribution in [0.5, 0.6) is 5.75 Å². The van der Waals surface area contributed by atoms with Crippen LogP contribution in [0, 0.1) is 0 Å². The van der Waals surface area contributed by atoms with Gasteiger partial charge in [-0.15, -0.1) is 5.10 Å². The summed E-state index contributed by atoms with van der Waals surface area (Å²) in [5.41, 5.74) is 0.879. The molecule has 1 heterocycles. The van der Waals surface area contributed by atoms with E-state index in [2.05, 4.69) is 20.5 Å². The smallest absolute Gasteiger partial charge is 0.183 e. The van der Waals surface area contributed by atoms with Crippen LogP contribution in [0.4, 0.5) is 5.82 Å². The van der Waals surface area contributed by atoms with Crippen LogP contribution in [-0.2, 0) is 0 Å². The van der Waals surface area contributed by atoms with Crippen LogP contribution in [0.25, 0.3) is 11.4 Å². The molecule has 0 aliphatic carbocycles. The normalized spacial score (nSPS) is 9.88. The van der Waals surface area contributed by atoms with Crippen molar-refractivity contribution < 1.29 is 4.74 Å². The van der Waals surface area contributed by atoms with Gasteiger partial charge >= 0.3 is 0 Å². The summed E-state index contributed by atoms with van der Waals surface area (Å²) in [5, 5.41) is 10.8. The average Bonchev–Trinajstić information content (AvgIpc) is 2.39.